The third-order valence-corrected chi connectivity index (χ3v) is 4.33. The van der Waals surface area contributed by atoms with Crippen LogP contribution in [0.25, 0.3) is 28.5 Å². The number of hydrogen-bond donors (Lipinski definition) is 1. The highest BCUT2D eigenvalue weighted by atomic mass is 15.2. The van der Waals surface area contributed by atoms with Gasteiger partial charge in [0.2, 0.25) is 5.95 Å². The van der Waals surface area contributed by atoms with Crippen LogP contribution in [0.3, 0.4) is 0 Å². The van der Waals surface area contributed by atoms with Crippen LogP contribution >= 0.6 is 0 Å². The molecule has 2 N–H and O–H groups in total. The van der Waals surface area contributed by atoms with Crippen LogP contribution in [0.15, 0.2) is 49.2 Å². The molecule has 8 heteroatoms. The molecule has 0 fully saturated rings. The molecule has 4 rings (SSSR count). The van der Waals surface area contributed by atoms with Crippen LogP contribution in [0.1, 0.15) is 11.1 Å². The van der Waals surface area contributed by atoms with E-state index in [-0.39, 0.29) is 5.82 Å². The Balaban J connectivity index is 2.01. The van der Waals surface area contributed by atoms with Crippen molar-refractivity contribution in [1.82, 2.24) is 29.3 Å². The highest BCUT2D eigenvalue weighted by molar-refractivity contribution is 5.83. The molecule has 0 saturated heterocycles. The Kier molecular flexibility index (Phi) is 3.90. The van der Waals surface area contributed by atoms with E-state index in [2.05, 4.69) is 26.1 Å². The Hall–Kier alpha value is -3.99. The fourth-order valence-electron chi connectivity index (χ4n) is 3.13. The molecule has 0 radical (unpaired) electrons. The Bertz CT molecular complexity index is 1160. The van der Waals surface area contributed by atoms with Gasteiger partial charge in [-0.2, -0.15) is 10.4 Å². The average Bonchev–Trinajstić information content (AvgIpc) is 3.32. The fourth-order valence-corrected chi connectivity index (χ4v) is 3.13. The highest BCUT2D eigenvalue weighted by Gasteiger charge is 2.21. The van der Waals surface area contributed by atoms with E-state index in [0.717, 1.165) is 16.8 Å². The van der Waals surface area contributed by atoms with Gasteiger partial charge in [0.25, 0.3) is 0 Å². The Morgan fingerprint density at radius 2 is 1.96 bits per heavy atom. The summed E-state index contributed by atoms with van der Waals surface area (Å²) in [7, 11) is 1.84. The number of nitrogens with two attached hydrogens (primary N) is 1. The summed E-state index contributed by atoms with van der Waals surface area (Å²) in [6.45, 7) is 1.92. The second-order valence-electron chi connectivity index (χ2n) is 6.05. The van der Waals surface area contributed by atoms with E-state index in [1.54, 1.807) is 29.3 Å². The Morgan fingerprint density at radius 3 is 2.63 bits per heavy atom. The largest absolute Gasteiger partial charge is 0.383 e. The predicted octanol–water partition coefficient (Wildman–Crippen LogP) is 2.49. The second kappa shape index (κ2) is 6.38. The van der Waals surface area contributed by atoms with Gasteiger partial charge in [0.15, 0.2) is 0 Å². The van der Waals surface area contributed by atoms with Crippen molar-refractivity contribution < 1.29 is 0 Å². The number of nitrogens with zero attached hydrogens (tertiary/aromatic N) is 7. The van der Waals surface area contributed by atoms with E-state index < -0.39 is 0 Å². The molecule has 0 aliphatic carbocycles. The van der Waals surface area contributed by atoms with Crippen LogP contribution in [0.4, 0.5) is 5.82 Å². The van der Waals surface area contributed by atoms with Crippen molar-refractivity contribution in [3.05, 3.63) is 60.3 Å². The number of rotatable bonds is 3. The zero-order chi connectivity index (χ0) is 19.0. The smallest absolute Gasteiger partial charge is 0.234 e. The van der Waals surface area contributed by atoms with Gasteiger partial charge in [-0.1, -0.05) is 0 Å². The van der Waals surface area contributed by atoms with Crippen molar-refractivity contribution in [3.63, 3.8) is 0 Å². The van der Waals surface area contributed by atoms with E-state index in [0.29, 0.717) is 22.8 Å². The maximum Gasteiger partial charge on any atom is 0.234 e. The summed E-state index contributed by atoms with van der Waals surface area (Å²) >= 11 is 0. The maximum atomic E-state index is 9.72. The van der Waals surface area contributed by atoms with E-state index in [4.69, 9.17) is 5.73 Å². The van der Waals surface area contributed by atoms with Crippen LogP contribution < -0.4 is 5.73 Å². The van der Waals surface area contributed by atoms with Crippen LogP contribution in [0.5, 0.6) is 0 Å². The molecule has 0 atom stereocenters. The predicted molar refractivity (Wildman–Crippen MR) is 101 cm³/mol. The minimum absolute atomic E-state index is 0.179. The molecule has 0 unspecified atom stereocenters. The molecular weight excluding hydrogens is 340 g/mol. The standard InChI is InChI=1S/C19H16N8/c1-12-16(15-5-3-8-27(15)19-22-6-4-7-23-19)14(9-20)18(21)25-17(12)13-10-24-26(2)11-13/h3-8,10-11H,1-2H3,(H2,21,25). The topological polar surface area (TPSA) is 111 Å². The number of hydrogen-bond acceptors (Lipinski definition) is 6. The molecule has 8 nitrogen and oxygen atoms in total. The molecule has 132 valence electrons. The lowest BCUT2D eigenvalue weighted by atomic mass is 9.97. The third kappa shape index (κ3) is 2.71. The fraction of sp³-hybridized carbons (Fsp3) is 0.105. The van der Waals surface area contributed by atoms with Crippen molar-refractivity contribution in [2.75, 3.05) is 5.73 Å². The van der Waals surface area contributed by atoms with Gasteiger partial charge in [-0.15, -0.1) is 0 Å². The van der Waals surface area contributed by atoms with Gasteiger partial charge in [0.05, 0.1) is 17.6 Å². The van der Waals surface area contributed by atoms with E-state index in [9.17, 15) is 5.26 Å². The van der Waals surface area contributed by atoms with E-state index in [1.807, 2.05) is 43.1 Å². The summed E-state index contributed by atoms with van der Waals surface area (Å²) in [5.41, 5.74) is 10.3. The van der Waals surface area contributed by atoms with Gasteiger partial charge in [-0.05, 0) is 30.7 Å². The number of pyridine rings is 1. The minimum Gasteiger partial charge on any atom is -0.383 e. The molecule has 4 aromatic heterocycles. The van der Waals surface area contributed by atoms with Crippen molar-refractivity contribution in [2.45, 2.75) is 6.92 Å². The molecule has 4 aromatic rings. The lowest BCUT2D eigenvalue weighted by molar-refractivity contribution is 0.768. The molecule has 0 aliphatic heterocycles. The molecule has 0 aliphatic rings. The first-order valence-electron chi connectivity index (χ1n) is 8.24. The zero-order valence-corrected chi connectivity index (χ0v) is 14.8. The molecule has 4 heterocycles. The average molecular weight is 356 g/mol. The lowest BCUT2D eigenvalue weighted by Crippen LogP contribution is -2.07. The first-order valence-corrected chi connectivity index (χ1v) is 8.24. The first kappa shape index (κ1) is 16.5. The van der Waals surface area contributed by atoms with Gasteiger partial charge < -0.3 is 5.73 Å². The molecular formula is C19H16N8. The number of anilines is 1. The van der Waals surface area contributed by atoms with Gasteiger partial charge in [0, 0.05) is 43.0 Å². The number of nitrogen functional groups attached to an aromatic ring is 1. The van der Waals surface area contributed by atoms with Gasteiger partial charge in [-0.25, -0.2) is 15.0 Å². The van der Waals surface area contributed by atoms with Crippen molar-refractivity contribution in [1.29, 1.82) is 5.26 Å². The van der Waals surface area contributed by atoms with Crippen LogP contribution in [-0.2, 0) is 7.05 Å². The van der Waals surface area contributed by atoms with Crippen molar-refractivity contribution in [2.24, 2.45) is 7.05 Å². The molecule has 27 heavy (non-hydrogen) atoms. The number of aromatic nitrogens is 6. The van der Waals surface area contributed by atoms with E-state index in [1.165, 1.54) is 0 Å². The summed E-state index contributed by atoms with van der Waals surface area (Å²) in [5, 5.41) is 13.9. The van der Waals surface area contributed by atoms with Gasteiger partial charge >= 0.3 is 0 Å². The normalized spacial score (nSPS) is 10.7. The van der Waals surface area contributed by atoms with Crippen LogP contribution in [0, 0.1) is 18.3 Å². The Morgan fingerprint density at radius 1 is 1.19 bits per heavy atom. The summed E-state index contributed by atoms with van der Waals surface area (Å²) in [4.78, 5) is 13.1. The number of aryl methyl sites for hydroxylation is 1. The molecule has 0 bridgehead atoms. The minimum atomic E-state index is 0.179. The summed E-state index contributed by atoms with van der Waals surface area (Å²) in [5.74, 6) is 0.692. The Labute approximate surface area is 155 Å². The van der Waals surface area contributed by atoms with Gasteiger partial charge in [0.1, 0.15) is 17.5 Å². The number of nitriles is 1. The molecule has 0 saturated carbocycles. The quantitative estimate of drug-likeness (QED) is 0.604. The first-order chi connectivity index (χ1) is 13.1. The maximum absolute atomic E-state index is 9.72. The van der Waals surface area contributed by atoms with Crippen LogP contribution in [-0.4, -0.2) is 29.3 Å². The summed E-state index contributed by atoms with van der Waals surface area (Å²) in [6.07, 6.45) is 8.79. The lowest BCUT2D eigenvalue weighted by Gasteiger charge is -2.15. The van der Waals surface area contributed by atoms with Gasteiger partial charge in [-0.3, -0.25) is 9.25 Å². The molecule has 0 spiro atoms. The summed E-state index contributed by atoms with van der Waals surface area (Å²) < 4.78 is 3.53. The zero-order valence-electron chi connectivity index (χ0n) is 14.8. The van der Waals surface area contributed by atoms with E-state index >= 15 is 0 Å². The monoisotopic (exact) mass is 356 g/mol. The highest BCUT2D eigenvalue weighted by Crippen LogP contribution is 2.36. The van der Waals surface area contributed by atoms with Crippen molar-refractivity contribution in [3.8, 4) is 34.5 Å². The SMILES string of the molecule is Cc1c(-c2cnn(C)c2)nc(N)c(C#N)c1-c1cccn1-c1ncccn1. The molecule has 0 aromatic carbocycles. The third-order valence-electron chi connectivity index (χ3n) is 4.33. The summed E-state index contributed by atoms with van der Waals surface area (Å²) in [6, 6.07) is 7.74. The van der Waals surface area contributed by atoms with Crippen molar-refractivity contribution >= 4 is 5.82 Å². The second-order valence-corrected chi connectivity index (χ2v) is 6.05. The van der Waals surface area contributed by atoms with Crippen LogP contribution in [0.2, 0.25) is 0 Å². The molecule has 0 amide bonds.